The molecule has 1 saturated carbocycles. The lowest BCUT2D eigenvalue weighted by Gasteiger charge is -2.42. The Hall–Kier alpha value is -3.02. The summed E-state index contributed by atoms with van der Waals surface area (Å²) >= 11 is 0. The van der Waals surface area contributed by atoms with Crippen LogP contribution in [0.3, 0.4) is 0 Å². The number of fused-ring (bicyclic) bond motifs is 4. The summed E-state index contributed by atoms with van der Waals surface area (Å²) in [5.41, 5.74) is 1.88. The van der Waals surface area contributed by atoms with Gasteiger partial charge in [0.2, 0.25) is 6.79 Å². The van der Waals surface area contributed by atoms with Crippen LogP contribution in [-0.2, 0) is 4.79 Å². The van der Waals surface area contributed by atoms with Gasteiger partial charge in [0.25, 0.3) is 0 Å². The Morgan fingerprint density at radius 3 is 2.57 bits per heavy atom. The molecule has 0 radical (unpaired) electrons. The molecular weight excluding hydrogens is 384 g/mol. The molecule has 6 nitrogen and oxygen atoms in total. The van der Waals surface area contributed by atoms with Crippen molar-refractivity contribution in [2.75, 3.05) is 6.79 Å². The van der Waals surface area contributed by atoms with E-state index in [4.69, 9.17) is 18.9 Å². The van der Waals surface area contributed by atoms with Crippen molar-refractivity contribution in [3.8, 4) is 23.0 Å². The highest BCUT2D eigenvalue weighted by Crippen LogP contribution is 2.51. The number of esters is 1. The minimum Gasteiger partial charge on any atom is -0.486 e. The van der Waals surface area contributed by atoms with Gasteiger partial charge in [-0.05, 0) is 55.5 Å². The molecular formula is C24H22O6. The SMILES string of the molecule is O=C1CC(c2ccc3c(c2)OCO3)c2c(ccc3c2OC2(CCCCC2)CC3=O)O1. The van der Waals surface area contributed by atoms with Crippen molar-refractivity contribution in [1.82, 2.24) is 0 Å². The van der Waals surface area contributed by atoms with E-state index in [0.29, 0.717) is 35.0 Å². The number of benzene rings is 2. The summed E-state index contributed by atoms with van der Waals surface area (Å²) in [7, 11) is 0. The van der Waals surface area contributed by atoms with E-state index in [0.717, 1.165) is 36.8 Å². The van der Waals surface area contributed by atoms with Crippen molar-refractivity contribution in [1.29, 1.82) is 0 Å². The summed E-state index contributed by atoms with van der Waals surface area (Å²) < 4.78 is 23.2. The quantitative estimate of drug-likeness (QED) is 0.512. The second-order valence-electron chi connectivity index (χ2n) is 8.64. The van der Waals surface area contributed by atoms with E-state index < -0.39 is 5.60 Å². The molecule has 3 heterocycles. The zero-order valence-corrected chi connectivity index (χ0v) is 16.6. The number of Topliss-reactive ketones (excluding diaryl/α,β-unsaturated/α-hetero) is 1. The largest absolute Gasteiger partial charge is 0.486 e. The molecule has 1 aliphatic carbocycles. The highest BCUT2D eigenvalue weighted by molar-refractivity contribution is 6.01. The van der Waals surface area contributed by atoms with Crippen LogP contribution in [0.15, 0.2) is 30.3 Å². The van der Waals surface area contributed by atoms with Crippen LogP contribution in [-0.4, -0.2) is 24.1 Å². The molecule has 1 spiro atoms. The van der Waals surface area contributed by atoms with Crippen molar-refractivity contribution in [3.05, 3.63) is 47.0 Å². The highest BCUT2D eigenvalue weighted by Gasteiger charge is 2.44. The molecule has 2 aromatic carbocycles. The molecule has 2 aromatic rings. The first kappa shape index (κ1) is 17.8. The van der Waals surface area contributed by atoms with Crippen LogP contribution in [0.5, 0.6) is 23.0 Å². The van der Waals surface area contributed by atoms with Crippen LogP contribution >= 0.6 is 0 Å². The molecule has 6 heteroatoms. The summed E-state index contributed by atoms with van der Waals surface area (Å²) in [4.78, 5) is 25.5. The third-order valence-electron chi connectivity index (χ3n) is 6.76. The van der Waals surface area contributed by atoms with Crippen LogP contribution in [0.4, 0.5) is 0 Å². The molecule has 3 aliphatic heterocycles. The van der Waals surface area contributed by atoms with Crippen molar-refractivity contribution >= 4 is 11.8 Å². The number of hydrogen-bond acceptors (Lipinski definition) is 6. The smallest absolute Gasteiger partial charge is 0.312 e. The summed E-state index contributed by atoms with van der Waals surface area (Å²) in [5.74, 6) is 1.99. The lowest BCUT2D eigenvalue weighted by Crippen LogP contribution is -2.44. The number of carbonyl (C=O) groups is 2. The maximum Gasteiger partial charge on any atom is 0.312 e. The standard InChI is InChI=1S/C24H22O6/c25-17-12-24(8-2-1-3-9-24)30-23-15(17)5-7-19-22(23)16(11-21(26)29-19)14-4-6-18-20(10-14)28-13-27-18/h4-7,10,16H,1-3,8-9,11-13H2. The van der Waals surface area contributed by atoms with Gasteiger partial charge in [-0.1, -0.05) is 12.5 Å². The first-order chi connectivity index (χ1) is 14.6. The van der Waals surface area contributed by atoms with Crippen LogP contribution < -0.4 is 18.9 Å². The van der Waals surface area contributed by atoms with Gasteiger partial charge >= 0.3 is 5.97 Å². The van der Waals surface area contributed by atoms with E-state index in [1.807, 2.05) is 18.2 Å². The highest BCUT2D eigenvalue weighted by atomic mass is 16.7. The lowest BCUT2D eigenvalue weighted by molar-refractivity contribution is -0.135. The monoisotopic (exact) mass is 406 g/mol. The molecule has 0 amide bonds. The predicted molar refractivity (Wildman–Crippen MR) is 106 cm³/mol. The van der Waals surface area contributed by atoms with E-state index in [1.54, 1.807) is 12.1 Å². The number of rotatable bonds is 1. The van der Waals surface area contributed by atoms with E-state index in [1.165, 1.54) is 6.42 Å². The molecule has 30 heavy (non-hydrogen) atoms. The van der Waals surface area contributed by atoms with Crippen molar-refractivity contribution in [2.45, 2.75) is 56.5 Å². The zero-order valence-electron chi connectivity index (χ0n) is 16.6. The molecule has 6 rings (SSSR count). The number of carbonyl (C=O) groups excluding carboxylic acids is 2. The molecule has 0 saturated heterocycles. The van der Waals surface area contributed by atoms with E-state index in [2.05, 4.69) is 0 Å². The molecule has 0 aromatic heterocycles. The summed E-state index contributed by atoms with van der Waals surface area (Å²) in [5, 5.41) is 0. The average Bonchev–Trinajstić information content (AvgIpc) is 3.21. The molecule has 0 N–H and O–H groups in total. The van der Waals surface area contributed by atoms with Crippen LogP contribution in [0.25, 0.3) is 0 Å². The van der Waals surface area contributed by atoms with Gasteiger partial charge in [-0.25, -0.2) is 0 Å². The van der Waals surface area contributed by atoms with Gasteiger partial charge in [-0.3, -0.25) is 9.59 Å². The van der Waals surface area contributed by atoms with Gasteiger partial charge in [0, 0.05) is 11.5 Å². The van der Waals surface area contributed by atoms with Gasteiger partial charge < -0.3 is 18.9 Å². The molecule has 1 unspecified atom stereocenters. The van der Waals surface area contributed by atoms with Gasteiger partial charge in [-0.2, -0.15) is 0 Å². The zero-order chi connectivity index (χ0) is 20.3. The molecule has 154 valence electrons. The van der Waals surface area contributed by atoms with E-state index in [-0.39, 0.29) is 30.9 Å². The van der Waals surface area contributed by atoms with Crippen molar-refractivity contribution < 1.29 is 28.5 Å². The summed E-state index contributed by atoms with van der Waals surface area (Å²) in [6.45, 7) is 0.192. The normalized spacial score (nSPS) is 23.4. The topological polar surface area (TPSA) is 71.1 Å². The third-order valence-corrected chi connectivity index (χ3v) is 6.76. The second-order valence-corrected chi connectivity index (χ2v) is 8.64. The Morgan fingerprint density at radius 2 is 1.70 bits per heavy atom. The van der Waals surface area contributed by atoms with Crippen LogP contribution in [0.1, 0.15) is 72.3 Å². The second kappa shape index (κ2) is 6.49. The lowest BCUT2D eigenvalue weighted by atomic mass is 9.76. The fraction of sp³-hybridized carbons (Fsp3) is 0.417. The Morgan fingerprint density at radius 1 is 0.900 bits per heavy atom. The number of ketones is 1. The maximum atomic E-state index is 13.1. The first-order valence-corrected chi connectivity index (χ1v) is 10.6. The van der Waals surface area contributed by atoms with Crippen LogP contribution in [0.2, 0.25) is 0 Å². The van der Waals surface area contributed by atoms with Gasteiger partial charge in [0.15, 0.2) is 17.3 Å². The van der Waals surface area contributed by atoms with Crippen molar-refractivity contribution in [3.63, 3.8) is 0 Å². The van der Waals surface area contributed by atoms with Gasteiger partial charge in [0.05, 0.1) is 18.4 Å². The fourth-order valence-corrected chi connectivity index (χ4v) is 5.29. The summed E-state index contributed by atoms with van der Waals surface area (Å²) in [6, 6.07) is 9.19. The van der Waals surface area contributed by atoms with Gasteiger partial charge in [0.1, 0.15) is 17.1 Å². The Balaban J connectivity index is 1.50. The third kappa shape index (κ3) is 2.70. The average molecular weight is 406 g/mol. The number of hydrogen-bond donors (Lipinski definition) is 0. The first-order valence-electron chi connectivity index (χ1n) is 10.6. The molecule has 0 bridgehead atoms. The molecule has 1 fully saturated rings. The fourth-order valence-electron chi connectivity index (χ4n) is 5.29. The maximum absolute atomic E-state index is 13.1. The Bertz CT molecular complexity index is 1070. The van der Waals surface area contributed by atoms with Crippen molar-refractivity contribution in [2.24, 2.45) is 0 Å². The summed E-state index contributed by atoms with van der Waals surface area (Å²) in [6.07, 6.45) is 5.69. The Labute approximate surface area is 174 Å². The molecule has 4 aliphatic rings. The van der Waals surface area contributed by atoms with E-state index in [9.17, 15) is 9.59 Å². The van der Waals surface area contributed by atoms with Gasteiger partial charge in [-0.15, -0.1) is 0 Å². The minimum absolute atomic E-state index is 0.113. The molecule has 1 atom stereocenters. The minimum atomic E-state index is -0.432. The predicted octanol–water partition coefficient (Wildman–Crippen LogP) is 4.52. The Kier molecular flexibility index (Phi) is 3.85. The van der Waals surface area contributed by atoms with Crippen LogP contribution in [0, 0.1) is 0 Å². The van der Waals surface area contributed by atoms with E-state index >= 15 is 0 Å². The number of ether oxygens (including phenoxy) is 4.